The van der Waals surface area contributed by atoms with Crippen LogP contribution in [0.25, 0.3) is 0 Å². The van der Waals surface area contributed by atoms with Crippen molar-refractivity contribution in [3.63, 3.8) is 0 Å². The van der Waals surface area contributed by atoms with Gasteiger partial charge in [0.1, 0.15) is 5.75 Å². The van der Waals surface area contributed by atoms with Gasteiger partial charge in [-0.1, -0.05) is 6.92 Å². The largest absolute Gasteiger partial charge is 0.495 e. The van der Waals surface area contributed by atoms with Crippen LogP contribution in [0.4, 0.5) is 0 Å². The lowest BCUT2D eigenvalue weighted by Crippen LogP contribution is -2.41. The predicted molar refractivity (Wildman–Crippen MR) is 91.4 cm³/mol. The standard InChI is InChI=1S/C18H27BO4/c1-12-7-8-13-9-14(21-11-20-6)10-15(16(12)13)19-22-17(2,3)18(4,5)23-19/h9-10,12H,7-8,11H2,1-6H3. The highest BCUT2D eigenvalue weighted by Crippen LogP contribution is 2.39. The number of fused-ring (bicyclic) bond motifs is 1. The van der Waals surface area contributed by atoms with Gasteiger partial charge in [-0.15, -0.1) is 0 Å². The third kappa shape index (κ3) is 2.90. The molecular formula is C18H27BO4. The molecule has 1 aliphatic heterocycles. The first-order valence-corrected chi connectivity index (χ1v) is 8.39. The minimum atomic E-state index is -0.347. The van der Waals surface area contributed by atoms with E-state index in [2.05, 4.69) is 46.8 Å². The zero-order valence-corrected chi connectivity index (χ0v) is 15.1. The molecule has 0 radical (unpaired) electrons. The summed E-state index contributed by atoms with van der Waals surface area (Å²) in [6, 6.07) is 4.19. The number of hydrogen-bond donors (Lipinski definition) is 0. The van der Waals surface area contributed by atoms with Crippen LogP contribution in [-0.4, -0.2) is 32.2 Å². The highest BCUT2D eigenvalue weighted by molar-refractivity contribution is 6.62. The quantitative estimate of drug-likeness (QED) is 0.632. The first-order chi connectivity index (χ1) is 10.7. The van der Waals surface area contributed by atoms with Gasteiger partial charge in [0.15, 0.2) is 6.79 Å². The van der Waals surface area contributed by atoms with Crippen molar-refractivity contribution in [2.24, 2.45) is 0 Å². The third-order valence-electron chi connectivity index (χ3n) is 5.46. The van der Waals surface area contributed by atoms with Gasteiger partial charge in [0.2, 0.25) is 0 Å². The molecular weight excluding hydrogens is 291 g/mol. The molecule has 3 rings (SSSR count). The average molecular weight is 318 g/mol. The molecule has 1 fully saturated rings. The van der Waals surface area contributed by atoms with Crippen molar-refractivity contribution in [1.82, 2.24) is 0 Å². The highest BCUT2D eigenvalue weighted by atomic mass is 16.7. The molecule has 1 atom stereocenters. The van der Waals surface area contributed by atoms with E-state index in [-0.39, 0.29) is 25.1 Å². The monoisotopic (exact) mass is 318 g/mol. The molecule has 2 aliphatic rings. The van der Waals surface area contributed by atoms with Crippen molar-refractivity contribution in [3.8, 4) is 5.75 Å². The molecule has 0 amide bonds. The summed E-state index contributed by atoms with van der Waals surface area (Å²) in [7, 11) is 1.28. The summed E-state index contributed by atoms with van der Waals surface area (Å²) in [5.41, 5.74) is 3.15. The minimum Gasteiger partial charge on any atom is -0.468 e. The Bertz CT molecular complexity index is 581. The average Bonchev–Trinajstić information content (AvgIpc) is 2.94. The smallest absolute Gasteiger partial charge is 0.468 e. The predicted octanol–water partition coefficient (Wildman–Crippen LogP) is 3.02. The topological polar surface area (TPSA) is 36.9 Å². The molecule has 1 saturated heterocycles. The Morgan fingerprint density at radius 3 is 2.43 bits per heavy atom. The Labute approximate surface area is 139 Å². The highest BCUT2D eigenvalue weighted by Gasteiger charge is 2.52. The second-order valence-corrected chi connectivity index (χ2v) is 7.66. The Balaban J connectivity index is 2.00. The molecule has 1 heterocycles. The molecule has 0 N–H and O–H groups in total. The lowest BCUT2D eigenvalue weighted by Gasteiger charge is -2.32. The molecule has 1 aliphatic carbocycles. The van der Waals surface area contributed by atoms with Crippen molar-refractivity contribution in [2.45, 2.75) is 64.6 Å². The molecule has 126 valence electrons. The van der Waals surface area contributed by atoms with E-state index in [4.69, 9.17) is 18.8 Å². The minimum absolute atomic E-state index is 0.247. The summed E-state index contributed by atoms with van der Waals surface area (Å²) in [6.45, 7) is 10.9. The maximum Gasteiger partial charge on any atom is 0.495 e. The molecule has 1 aromatic rings. The summed E-state index contributed by atoms with van der Waals surface area (Å²) in [5, 5.41) is 0. The number of benzene rings is 1. The van der Waals surface area contributed by atoms with Crippen LogP contribution in [0, 0.1) is 0 Å². The fourth-order valence-electron chi connectivity index (χ4n) is 3.41. The van der Waals surface area contributed by atoms with E-state index in [1.807, 2.05) is 0 Å². The summed E-state index contributed by atoms with van der Waals surface area (Å²) in [4.78, 5) is 0. The SMILES string of the molecule is COCOc1cc2c(c(B3OC(C)(C)C(C)(C)O3)c1)C(C)CC2. The van der Waals surface area contributed by atoms with Crippen molar-refractivity contribution >= 4 is 12.6 Å². The molecule has 0 aromatic heterocycles. The summed E-state index contributed by atoms with van der Waals surface area (Å²) in [6.07, 6.45) is 2.24. The number of methoxy groups -OCH3 is 1. The van der Waals surface area contributed by atoms with E-state index in [1.165, 1.54) is 11.1 Å². The first kappa shape index (κ1) is 16.8. The maximum absolute atomic E-state index is 6.27. The molecule has 0 spiro atoms. The molecule has 0 saturated carbocycles. The van der Waals surface area contributed by atoms with Crippen molar-refractivity contribution in [2.75, 3.05) is 13.9 Å². The summed E-state index contributed by atoms with van der Waals surface area (Å²) in [5.74, 6) is 1.35. The second kappa shape index (κ2) is 5.80. The number of rotatable bonds is 4. The normalized spacial score (nSPS) is 24.8. The molecule has 0 bridgehead atoms. The molecule has 23 heavy (non-hydrogen) atoms. The molecule has 1 unspecified atom stereocenters. The van der Waals surface area contributed by atoms with Gasteiger partial charge in [-0.05, 0) is 75.2 Å². The molecule has 4 nitrogen and oxygen atoms in total. The van der Waals surface area contributed by atoms with Gasteiger partial charge in [0.05, 0.1) is 11.2 Å². The van der Waals surface area contributed by atoms with Crippen LogP contribution in [-0.2, 0) is 20.5 Å². The van der Waals surface area contributed by atoms with Crippen LogP contribution in [0.1, 0.15) is 58.1 Å². The zero-order valence-electron chi connectivity index (χ0n) is 15.1. The fraction of sp³-hybridized carbons (Fsp3) is 0.667. The number of hydrogen-bond acceptors (Lipinski definition) is 4. The fourth-order valence-corrected chi connectivity index (χ4v) is 3.41. The lowest BCUT2D eigenvalue weighted by atomic mass is 9.73. The van der Waals surface area contributed by atoms with Gasteiger partial charge >= 0.3 is 7.12 Å². The van der Waals surface area contributed by atoms with E-state index in [0.29, 0.717) is 5.92 Å². The summed E-state index contributed by atoms with van der Waals surface area (Å²) >= 11 is 0. The van der Waals surface area contributed by atoms with E-state index in [1.54, 1.807) is 7.11 Å². The van der Waals surface area contributed by atoms with Gasteiger partial charge < -0.3 is 18.8 Å². The Morgan fingerprint density at radius 2 is 1.83 bits per heavy atom. The van der Waals surface area contributed by atoms with E-state index >= 15 is 0 Å². The van der Waals surface area contributed by atoms with Crippen LogP contribution in [0.15, 0.2) is 12.1 Å². The Morgan fingerprint density at radius 1 is 1.17 bits per heavy atom. The van der Waals surface area contributed by atoms with Crippen LogP contribution in [0.5, 0.6) is 5.75 Å². The Kier molecular flexibility index (Phi) is 4.24. The molecule has 5 heteroatoms. The van der Waals surface area contributed by atoms with Crippen molar-refractivity contribution in [3.05, 3.63) is 23.3 Å². The zero-order chi connectivity index (χ0) is 16.8. The first-order valence-electron chi connectivity index (χ1n) is 8.39. The maximum atomic E-state index is 6.27. The number of ether oxygens (including phenoxy) is 2. The summed E-state index contributed by atoms with van der Waals surface area (Å²) < 4.78 is 23.3. The van der Waals surface area contributed by atoms with Gasteiger partial charge in [0.25, 0.3) is 0 Å². The van der Waals surface area contributed by atoms with Crippen LogP contribution in [0.3, 0.4) is 0 Å². The van der Waals surface area contributed by atoms with Gasteiger partial charge in [-0.2, -0.15) is 0 Å². The van der Waals surface area contributed by atoms with Crippen LogP contribution in [0.2, 0.25) is 0 Å². The van der Waals surface area contributed by atoms with E-state index in [0.717, 1.165) is 24.1 Å². The second-order valence-electron chi connectivity index (χ2n) is 7.66. The number of aryl methyl sites for hydroxylation is 1. The lowest BCUT2D eigenvalue weighted by molar-refractivity contribution is 0.00578. The van der Waals surface area contributed by atoms with Gasteiger partial charge in [-0.3, -0.25) is 0 Å². The van der Waals surface area contributed by atoms with Crippen LogP contribution < -0.4 is 10.2 Å². The van der Waals surface area contributed by atoms with Crippen molar-refractivity contribution < 1.29 is 18.8 Å². The van der Waals surface area contributed by atoms with Crippen LogP contribution >= 0.6 is 0 Å². The Hall–Kier alpha value is -1.04. The van der Waals surface area contributed by atoms with Gasteiger partial charge in [-0.25, -0.2) is 0 Å². The van der Waals surface area contributed by atoms with Crippen molar-refractivity contribution in [1.29, 1.82) is 0 Å². The third-order valence-corrected chi connectivity index (χ3v) is 5.46. The van der Waals surface area contributed by atoms with Gasteiger partial charge in [0, 0.05) is 7.11 Å². The van der Waals surface area contributed by atoms with E-state index in [9.17, 15) is 0 Å². The molecule has 1 aromatic carbocycles. The van der Waals surface area contributed by atoms with E-state index < -0.39 is 0 Å².